The van der Waals surface area contributed by atoms with Crippen molar-refractivity contribution in [3.63, 3.8) is 0 Å². The van der Waals surface area contributed by atoms with Gasteiger partial charge in [-0.05, 0) is 19.8 Å². The van der Waals surface area contributed by atoms with Gasteiger partial charge in [-0.15, -0.1) is 0 Å². The minimum Gasteiger partial charge on any atom is -0.373 e. The Morgan fingerprint density at radius 2 is 2.11 bits per heavy atom. The van der Waals surface area contributed by atoms with Crippen molar-refractivity contribution >= 4 is 17.5 Å². The van der Waals surface area contributed by atoms with Gasteiger partial charge in [0.15, 0.2) is 0 Å². The molecule has 1 aliphatic rings. The predicted octanol–water partition coefficient (Wildman–Crippen LogP) is 0.528. The molecule has 0 bridgehead atoms. The Morgan fingerprint density at radius 1 is 1.44 bits per heavy atom. The summed E-state index contributed by atoms with van der Waals surface area (Å²) < 4.78 is 0. The zero-order chi connectivity index (χ0) is 13.1. The second-order valence-electron chi connectivity index (χ2n) is 4.58. The number of piperidine rings is 1. The van der Waals surface area contributed by atoms with Crippen molar-refractivity contribution < 1.29 is 4.79 Å². The second-order valence-corrected chi connectivity index (χ2v) is 4.58. The first-order chi connectivity index (χ1) is 8.63. The van der Waals surface area contributed by atoms with Crippen molar-refractivity contribution in [1.29, 1.82) is 0 Å². The molecule has 0 aliphatic carbocycles. The molecule has 0 atom stereocenters. The molecule has 1 aromatic heterocycles. The molecule has 0 unspecified atom stereocenters. The van der Waals surface area contributed by atoms with E-state index in [2.05, 4.69) is 20.2 Å². The van der Waals surface area contributed by atoms with Crippen molar-refractivity contribution in [3.05, 3.63) is 11.9 Å². The van der Waals surface area contributed by atoms with E-state index in [0.717, 1.165) is 43.1 Å². The van der Waals surface area contributed by atoms with Crippen LogP contribution in [0.25, 0.3) is 0 Å². The molecule has 2 rings (SSSR count). The predicted molar refractivity (Wildman–Crippen MR) is 70.4 cm³/mol. The molecule has 2 heterocycles. The zero-order valence-electron chi connectivity index (χ0n) is 10.8. The van der Waals surface area contributed by atoms with Gasteiger partial charge in [-0.1, -0.05) is 0 Å². The summed E-state index contributed by atoms with van der Waals surface area (Å²) in [6.45, 7) is 3.63. The third-order valence-electron chi connectivity index (χ3n) is 3.49. The van der Waals surface area contributed by atoms with Gasteiger partial charge in [0.25, 0.3) is 0 Å². The summed E-state index contributed by atoms with van der Waals surface area (Å²) in [5.74, 6) is 1.60. The van der Waals surface area contributed by atoms with E-state index in [4.69, 9.17) is 5.73 Å². The number of anilines is 2. The Labute approximate surface area is 107 Å². The maximum Gasteiger partial charge on any atom is 0.220 e. The first kappa shape index (κ1) is 12.6. The fraction of sp³-hybridized carbons (Fsp3) is 0.583. The van der Waals surface area contributed by atoms with Crippen molar-refractivity contribution in [2.75, 3.05) is 30.4 Å². The van der Waals surface area contributed by atoms with Crippen LogP contribution in [0.1, 0.15) is 18.4 Å². The highest BCUT2D eigenvalue weighted by Gasteiger charge is 2.25. The normalized spacial score (nSPS) is 16.7. The average Bonchev–Trinajstić information content (AvgIpc) is 2.39. The summed E-state index contributed by atoms with van der Waals surface area (Å²) >= 11 is 0. The summed E-state index contributed by atoms with van der Waals surface area (Å²) in [5, 5.41) is 3.05. The lowest BCUT2D eigenvalue weighted by Gasteiger charge is -2.32. The number of hydrogen-bond donors (Lipinski definition) is 2. The highest BCUT2D eigenvalue weighted by molar-refractivity contribution is 5.77. The van der Waals surface area contributed by atoms with Crippen LogP contribution in [0.3, 0.4) is 0 Å². The largest absolute Gasteiger partial charge is 0.373 e. The molecule has 1 saturated heterocycles. The van der Waals surface area contributed by atoms with Crippen LogP contribution in [0.5, 0.6) is 0 Å². The number of rotatable bonds is 3. The van der Waals surface area contributed by atoms with Crippen LogP contribution >= 0.6 is 0 Å². The van der Waals surface area contributed by atoms with E-state index in [0.29, 0.717) is 0 Å². The quantitative estimate of drug-likeness (QED) is 0.816. The van der Waals surface area contributed by atoms with Gasteiger partial charge in [-0.2, -0.15) is 0 Å². The van der Waals surface area contributed by atoms with Crippen molar-refractivity contribution in [2.24, 2.45) is 11.7 Å². The van der Waals surface area contributed by atoms with Crippen LogP contribution in [0.15, 0.2) is 6.33 Å². The Bertz CT molecular complexity index is 440. The third kappa shape index (κ3) is 2.37. The van der Waals surface area contributed by atoms with E-state index in [1.807, 2.05) is 14.0 Å². The monoisotopic (exact) mass is 249 g/mol. The number of primary amides is 1. The number of carbonyl (C=O) groups excluding carboxylic acids is 1. The zero-order valence-corrected chi connectivity index (χ0v) is 10.8. The molecular formula is C12H19N5O. The molecule has 18 heavy (non-hydrogen) atoms. The van der Waals surface area contributed by atoms with Crippen LogP contribution in [0, 0.1) is 12.8 Å². The SMILES string of the molecule is CNc1ncnc(N2CCC(C(N)=O)CC2)c1C. The van der Waals surface area contributed by atoms with Crippen LogP contribution in [-0.2, 0) is 4.79 Å². The maximum atomic E-state index is 11.1. The molecule has 0 radical (unpaired) electrons. The summed E-state index contributed by atoms with van der Waals surface area (Å²) in [4.78, 5) is 21.8. The van der Waals surface area contributed by atoms with Gasteiger partial charge in [-0.25, -0.2) is 9.97 Å². The molecule has 0 aromatic carbocycles. The van der Waals surface area contributed by atoms with E-state index in [-0.39, 0.29) is 11.8 Å². The Hall–Kier alpha value is -1.85. The van der Waals surface area contributed by atoms with Crippen LogP contribution in [0.2, 0.25) is 0 Å². The molecule has 6 heteroatoms. The number of amides is 1. The summed E-state index contributed by atoms with van der Waals surface area (Å²) in [7, 11) is 1.85. The highest BCUT2D eigenvalue weighted by atomic mass is 16.1. The second kappa shape index (κ2) is 5.20. The van der Waals surface area contributed by atoms with Crippen molar-refractivity contribution in [1.82, 2.24) is 9.97 Å². The standard InChI is InChI=1S/C12H19N5O/c1-8-11(14-2)15-7-16-12(8)17-5-3-9(4-6-17)10(13)18/h7,9H,3-6H2,1-2H3,(H2,13,18)(H,14,15,16). The van der Waals surface area contributed by atoms with Gasteiger partial charge in [0.1, 0.15) is 18.0 Å². The Balaban J connectivity index is 2.12. The van der Waals surface area contributed by atoms with Crippen molar-refractivity contribution in [3.8, 4) is 0 Å². The number of hydrogen-bond acceptors (Lipinski definition) is 5. The maximum absolute atomic E-state index is 11.1. The molecule has 0 spiro atoms. The Morgan fingerprint density at radius 3 is 2.67 bits per heavy atom. The molecule has 3 N–H and O–H groups in total. The number of nitrogens with two attached hydrogens (primary N) is 1. The summed E-state index contributed by atoms with van der Waals surface area (Å²) in [5.41, 5.74) is 6.37. The summed E-state index contributed by atoms with van der Waals surface area (Å²) in [6, 6.07) is 0. The molecule has 6 nitrogen and oxygen atoms in total. The van der Waals surface area contributed by atoms with Gasteiger partial charge < -0.3 is 16.0 Å². The minimum absolute atomic E-state index is 0.00663. The van der Waals surface area contributed by atoms with E-state index in [1.165, 1.54) is 0 Å². The Kier molecular flexibility index (Phi) is 3.64. The number of nitrogens with one attached hydrogen (secondary N) is 1. The van der Waals surface area contributed by atoms with Crippen LogP contribution < -0.4 is 16.0 Å². The molecule has 1 fully saturated rings. The van der Waals surface area contributed by atoms with Gasteiger partial charge in [0, 0.05) is 31.6 Å². The molecular weight excluding hydrogens is 230 g/mol. The van der Waals surface area contributed by atoms with E-state index in [9.17, 15) is 4.79 Å². The molecule has 1 aliphatic heterocycles. The fourth-order valence-electron chi connectivity index (χ4n) is 2.39. The van der Waals surface area contributed by atoms with Gasteiger partial charge >= 0.3 is 0 Å². The lowest BCUT2D eigenvalue weighted by molar-refractivity contribution is -0.122. The van der Waals surface area contributed by atoms with E-state index >= 15 is 0 Å². The molecule has 98 valence electrons. The minimum atomic E-state index is -0.190. The summed E-state index contributed by atoms with van der Waals surface area (Å²) in [6.07, 6.45) is 3.16. The van der Waals surface area contributed by atoms with Crippen LogP contribution in [-0.4, -0.2) is 36.0 Å². The van der Waals surface area contributed by atoms with Crippen LogP contribution in [0.4, 0.5) is 11.6 Å². The third-order valence-corrected chi connectivity index (χ3v) is 3.49. The van der Waals surface area contributed by atoms with Crippen molar-refractivity contribution in [2.45, 2.75) is 19.8 Å². The highest BCUT2D eigenvalue weighted by Crippen LogP contribution is 2.26. The lowest BCUT2D eigenvalue weighted by Crippen LogP contribution is -2.39. The first-order valence-electron chi connectivity index (χ1n) is 6.17. The van der Waals surface area contributed by atoms with Gasteiger partial charge in [0.05, 0.1) is 0 Å². The van der Waals surface area contributed by atoms with E-state index in [1.54, 1.807) is 6.33 Å². The number of carbonyl (C=O) groups is 1. The van der Waals surface area contributed by atoms with E-state index < -0.39 is 0 Å². The fourth-order valence-corrected chi connectivity index (χ4v) is 2.39. The van der Waals surface area contributed by atoms with Gasteiger partial charge in [0.2, 0.25) is 5.91 Å². The molecule has 1 aromatic rings. The topological polar surface area (TPSA) is 84.1 Å². The molecule has 1 amide bonds. The number of aromatic nitrogens is 2. The lowest BCUT2D eigenvalue weighted by atomic mass is 9.96. The first-order valence-corrected chi connectivity index (χ1v) is 6.17. The number of nitrogens with zero attached hydrogens (tertiary/aromatic N) is 3. The smallest absolute Gasteiger partial charge is 0.220 e. The molecule has 0 saturated carbocycles. The van der Waals surface area contributed by atoms with Gasteiger partial charge in [-0.3, -0.25) is 4.79 Å². The average molecular weight is 249 g/mol.